The van der Waals surface area contributed by atoms with Crippen molar-refractivity contribution in [1.82, 2.24) is 0 Å². The molecule has 2 fully saturated rings. The molecular weight excluding hydrogens is 384 g/mol. The number of aliphatic hydroxyl groups excluding tert-OH is 3. The summed E-state index contributed by atoms with van der Waals surface area (Å²) in [6.45, 7) is 9.78. The molecule has 3 rings (SSSR count). The summed E-state index contributed by atoms with van der Waals surface area (Å²) in [5, 5.41) is 30.1. The van der Waals surface area contributed by atoms with Gasteiger partial charge in [-0.15, -0.1) is 0 Å². The molecule has 0 aromatic carbocycles. The van der Waals surface area contributed by atoms with Crippen LogP contribution in [0.2, 0.25) is 0 Å². The summed E-state index contributed by atoms with van der Waals surface area (Å²) in [4.78, 5) is 0. The van der Waals surface area contributed by atoms with E-state index in [0.717, 1.165) is 42.6 Å². The van der Waals surface area contributed by atoms with E-state index >= 15 is 0 Å². The molecule has 8 unspecified atom stereocenters. The van der Waals surface area contributed by atoms with E-state index in [2.05, 4.69) is 27.7 Å². The molecule has 0 aliphatic heterocycles. The van der Waals surface area contributed by atoms with Crippen molar-refractivity contribution in [2.75, 3.05) is 6.61 Å². The molecule has 0 amide bonds. The third-order valence-electron chi connectivity index (χ3n) is 10.0. The number of fused-ring (bicyclic) bond motifs is 1. The van der Waals surface area contributed by atoms with Gasteiger partial charge in [0.1, 0.15) is 0 Å². The van der Waals surface area contributed by atoms with Crippen LogP contribution < -0.4 is 0 Å². The van der Waals surface area contributed by atoms with Gasteiger partial charge in [0.15, 0.2) is 0 Å². The van der Waals surface area contributed by atoms with E-state index in [1.54, 1.807) is 0 Å². The lowest BCUT2D eigenvalue weighted by Crippen LogP contribution is -2.40. The molecule has 3 N–H and O–H groups in total. The molecule has 0 spiro atoms. The Balaban J connectivity index is 1.67. The molecule has 8 atom stereocenters. The summed E-state index contributed by atoms with van der Waals surface area (Å²) in [6.07, 6.45) is 14.3. The Morgan fingerprint density at radius 3 is 2.61 bits per heavy atom. The van der Waals surface area contributed by atoms with Gasteiger partial charge in [0, 0.05) is 13.0 Å². The fourth-order valence-corrected chi connectivity index (χ4v) is 8.08. The first-order valence-electron chi connectivity index (χ1n) is 13.5. The maximum Gasteiger partial charge on any atom is 0.0774 e. The zero-order valence-electron chi connectivity index (χ0n) is 20.8. The standard InChI is InChI=1S/C28H50O3/c1-5-6-8-21(14-16-29)19(2)25-12-13-26-22(9-7-15-28(25,26)4)10-11-23-17-24(30)18-27(31)20(23)3/h19,21-22,24-27,29-31H,5-18H2,1-4H3. The minimum Gasteiger partial charge on any atom is -0.396 e. The maximum atomic E-state index is 10.3. The molecule has 3 nitrogen and oxygen atoms in total. The van der Waals surface area contributed by atoms with Gasteiger partial charge in [-0.1, -0.05) is 58.4 Å². The van der Waals surface area contributed by atoms with Crippen LogP contribution in [-0.2, 0) is 0 Å². The molecule has 0 aromatic rings. The van der Waals surface area contributed by atoms with E-state index in [9.17, 15) is 15.3 Å². The normalized spacial score (nSPS) is 38.2. The Hall–Kier alpha value is -0.380. The monoisotopic (exact) mass is 434 g/mol. The second-order valence-corrected chi connectivity index (χ2v) is 11.7. The van der Waals surface area contributed by atoms with Crippen molar-refractivity contribution >= 4 is 0 Å². The van der Waals surface area contributed by atoms with Crippen LogP contribution in [0, 0.1) is 35.0 Å². The maximum absolute atomic E-state index is 10.3. The Kier molecular flexibility index (Phi) is 9.09. The van der Waals surface area contributed by atoms with Gasteiger partial charge in [0.05, 0.1) is 12.2 Å². The molecule has 3 aliphatic carbocycles. The highest BCUT2D eigenvalue weighted by atomic mass is 16.3. The van der Waals surface area contributed by atoms with Crippen molar-refractivity contribution in [2.45, 2.75) is 123 Å². The van der Waals surface area contributed by atoms with Gasteiger partial charge in [0.25, 0.3) is 0 Å². The molecule has 0 aromatic heterocycles. The summed E-state index contributed by atoms with van der Waals surface area (Å²) in [5.74, 6) is 3.80. The van der Waals surface area contributed by atoms with Crippen LogP contribution in [-0.4, -0.2) is 34.1 Å². The lowest BCUT2D eigenvalue weighted by Gasteiger charge is -2.48. The quantitative estimate of drug-likeness (QED) is 0.356. The molecule has 0 bridgehead atoms. The minimum absolute atomic E-state index is 0.334. The zero-order valence-corrected chi connectivity index (χ0v) is 20.8. The average Bonchev–Trinajstić information content (AvgIpc) is 3.09. The van der Waals surface area contributed by atoms with Crippen molar-refractivity contribution in [3.05, 3.63) is 11.1 Å². The van der Waals surface area contributed by atoms with Gasteiger partial charge in [-0.05, 0) is 92.4 Å². The predicted octanol–water partition coefficient (Wildman–Crippen LogP) is 6.26. The molecule has 2 saturated carbocycles. The Morgan fingerprint density at radius 2 is 1.90 bits per heavy atom. The summed E-state index contributed by atoms with van der Waals surface area (Å²) in [5.41, 5.74) is 2.91. The molecule has 31 heavy (non-hydrogen) atoms. The van der Waals surface area contributed by atoms with E-state index < -0.39 is 6.10 Å². The number of hydrogen-bond acceptors (Lipinski definition) is 3. The third kappa shape index (κ3) is 5.58. The second-order valence-electron chi connectivity index (χ2n) is 11.7. The first-order valence-corrected chi connectivity index (χ1v) is 13.5. The van der Waals surface area contributed by atoms with Crippen LogP contribution in [0.1, 0.15) is 111 Å². The van der Waals surface area contributed by atoms with Crippen LogP contribution >= 0.6 is 0 Å². The van der Waals surface area contributed by atoms with Crippen molar-refractivity contribution in [3.8, 4) is 0 Å². The van der Waals surface area contributed by atoms with Gasteiger partial charge in [-0.3, -0.25) is 0 Å². The zero-order chi connectivity index (χ0) is 22.6. The SMILES string of the molecule is CCCCC(CCO)C(C)C1CCC2C(CCC3=C(C)C(O)CC(O)C3)CCCC21C. The molecular formula is C28H50O3. The van der Waals surface area contributed by atoms with Crippen molar-refractivity contribution < 1.29 is 15.3 Å². The second kappa shape index (κ2) is 11.2. The predicted molar refractivity (Wildman–Crippen MR) is 129 cm³/mol. The molecule has 0 radical (unpaired) electrons. The summed E-state index contributed by atoms with van der Waals surface area (Å²) in [6, 6.07) is 0. The fraction of sp³-hybridized carbons (Fsp3) is 0.929. The third-order valence-corrected chi connectivity index (χ3v) is 10.0. The minimum atomic E-state index is -0.446. The topological polar surface area (TPSA) is 60.7 Å². The Morgan fingerprint density at radius 1 is 1.13 bits per heavy atom. The smallest absolute Gasteiger partial charge is 0.0774 e. The molecule has 180 valence electrons. The van der Waals surface area contributed by atoms with E-state index in [-0.39, 0.29) is 6.10 Å². The van der Waals surface area contributed by atoms with Gasteiger partial charge in [0.2, 0.25) is 0 Å². The average molecular weight is 435 g/mol. The Bertz CT molecular complexity index is 599. The molecule has 3 heteroatoms. The van der Waals surface area contributed by atoms with Crippen LogP contribution in [0.15, 0.2) is 11.1 Å². The number of hydrogen-bond donors (Lipinski definition) is 3. The molecule has 0 saturated heterocycles. The highest BCUT2D eigenvalue weighted by Crippen LogP contribution is 2.61. The van der Waals surface area contributed by atoms with E-state index in [1.165, 1.54) is 63.4 Å². The van der Waals surface area contributed by atoms with E-state index in [1.807, 2.05) is 0 Å². The fourth-order valence-electron chi connectivity index (χ4n) is 8.08. The van der Waals surface area contributed by atoms with Crippen molar-refractivity contribution in [2.24, 2.45) is 35.0 Å². The lowest BCUT2D eigenvalue weighted by molar-refractivity contribution is 0.0101. The van der Waals surface area contributed by atoms with Crippen LogP contribution in [0.5, 0.6) is 0 Å². The van der Waals surface area contributed by atoms with Crippen molar-refractivity contribution in [1.29, 1.82) is 0 Å². The van der Waals surface area contributed by atoms with Crippen LogP contribution in [0.25, 0.3) is 0 Å². The summed E-state index contributed by atoms with van der Waals surface area (Å²) < 4.78 is 0. The first-order chi connectivity index (χ1) is 14.8. The number of unbranched alkanes of at least 4 members (excludes halogenated alkanes) is 1. The Labute approximate surface area is 191 Å². The van der Waals surface area contributed by atoms with E-state index in [4.69, 9.17) is 0 Å². The summed E-state index contributed by atoms with van der Waals surface area (Å²) >= 11 is 0. The highest BCUT2D eigenvalue weighted by molar-refractivity contribution is 5.21. The summed E-state index contributed by atoms with van der Waals surface area (Å²) in [7, 11) is 0. The number of rotatable bonds is 10. The molecule has 3 aliphatic rings. The lowest BCUT2D eigenvalue weighted by atomic mass is 9.57. The van der Waals surface area contributed by atoms with Gasteiger partial charge >= 0.3 is 0 Å². The van der Waals surface area contributed by atoms with Gasteiger partial charge in [-0.2, -0.15) is 0 Å². The van der Waals surface area contributed by atoms with Gasteiger partial charge in [-0.25, -0.2) is 0 Å². The van der Waals surface area contributed by atoms with E-state index in [0.29, 0.717) is 30.3 Å². The van der Waals surface area contributed by atoms with Crippen LogP contribution in [0.3, 0.4) is 0 Å². The van der Waals surface area contributed by atoms with Gasteiger partial charge < -0.3 is 15.3 Å². The number of aliphatic hydroxyl groups is 3. The highest BCUT2D eigenvalue weighted by Gasteiger charge is 2.52. The first kappa shape index (κ1) is 25.2. The molecule has 0 heterocycles. The van der Waals surface area contributed by atoms with Crippen molar-refractivity contribution in [3.63, 3.8) is 0 Å². The largest absolute Gasteiger partial charge is 0.396 e. The van der Waals surface area contributed by atoms with Crippen LogP contribution in [0.4, 0.5) is 0 Å².